The molecule has 1 fully saturated rings. The molecule has 238 valence electrons. The van der Waals surface area contributed by atoms with Crippen LogP contribution in [-0.4, -0.2) is 80.4 Å². The molecule has 0 saturated carbocycles. The van der Waals surface area contributed by atoms with Crippen LogP contribution >= 0.6 is 0 Å². The summed E-state index contributed by atoms with van der Waals surface area (Å²) in [5.74, 6) is 0.797. The van der Waals surface area contributed by atoms with Crippen molar-refractivity contribution in [3.8, 4) is 11.5 Å². The molecule has 45 heavy (non-hydrogen) atoms. The molecule has 2 aliphatic rings. The minimum absolute atomic E-state index is 0.00660. The molecule has 1 aromatic carbocycles. The predicted molar refractivity (Wildman–Crippen MR) is 163 cm³/mol. The second kappa shape index (κ2) is 12.8. The first-order valence-electron chi connectivity index (χ1n) is 15.2. The van der Waals surface area contributed by atoms with Crippen molar-refractivity contribution in [1.82, 2.24) is 29.7 Å². The summed E-state index contributed by atoms with van der Waals surface area (Å²) in [5, 5.41) is 10.2. The second-order valence-electron chi connectivity index (χ2n) is 12.0. The van der Waals surface area contributed by atoms with Gasteiger partial charge >= 0.3 is 6.18 Å². The highest BCUT2D eigenvalue weighted by atomic mass is 19.4. The Labute approximate surface area is 259 Å². The van der Waals surface area contributed by atoms with Gasteiger partial charge in [0.1, 0.15) is 17.1 Å². The zero-order chi connectivity index (χ0) is 31.7. The summed E-state index contributed by atoms with van der Waals surface area (Å²) in [7, 11) is 2.01. The van der Waals surface area contributed by atoms with E-state index in [2.05, 4.69) is 19.9 Å². The maximum atomic E-state index is 14.1. The number of aromatic amines is 1. The number of nitrogens with one attached hydrogen (secondary N) is 1. The Morgan fingerprint density at radius 2 is 1.91 bits per heavy atom. The van der Waals surface area contributed by atoms with Gasteiger partial charge in [0.15, 0.2) is 0 Å². The smallest absolute Gasteiger partial charge is 0.416 e. The van der Waals surface area contributed by atoms with Crippen molar-refractivity contribution in [3.63, 3.8) is 0 Å². The zero-order valence-electron chi connectivity index (χ0n) is 25.4. The number of aliphatic hydroxyl groups is 1. The minimum atomic E-state index is -4.51. The molecule has 1 amide bonds. The summed E-state index contributed by atoms with van der Waals surface area (Å²) in [6.45, 7) is 5.91. The van der Waals surface area contributed by atoms with E-state index in [-0.39, 0.29) is 43.5 Å². The molecule has 5 heterocycles. The van der Waals surface area contributed by atoms with Gasteiger partial charge in [0.2, 0.25) is 5.91 Å². The standard InChI is InChI=1S/C33H37F3N6O3/c1-3-22-18-42(19-24-14-26(16-38-31(22)24)45-29-6-7-37-32-27(29)15-25(20-43)39-32)30(44)13-21-4-5-23(28(12-21)33(34,35)36)17-41-10-8-40(2)9-11-41/h4-7,12,14-16,22,43H,3,8-11,13,17-20H2,1-2H3,(H,37,39)/t22-/m0/s1. The number of likely N-dealkylation sites (N-methyl/N-ethyl adjacent to an activating group) is 1. The van der Waals surface area contributed by atoms with E-state index in [9.17, 15) is 23.1 Å². The fraction of sp³-hybridized carbons (Fsp3) is 0.424. The number of halogens is 3. The molecular weight excluding hydrogens is 585 g/mol. The maximum absolute atomic E-state index is 14.1. The number of benzene rings is 1. The Bertz CT molecular complexity index is 1680. The number of carbonyl (C=O) groups is 1. The quantitative estimate of drug-likeness (QED) is 0.283. The van der Waals surface area contributed by atoms with E-state index in [1.807, 2.05) is 24.9 Å². The normalized spacial score (nSPS) is 17.9. The fourth-order valence-electron chi connectivity index (χ4n) is 6.21. The number of hydrogen-bond donors (Lipinski definition) is 2. The van der Waals surface area contributed by atoms with Crippen LogP contribution in [0.25, 0.3) is 11.0 Å². The highest BCUT2D eigenvalue weighted by Gasteiger charge is 2.35. The van der Waals surface area contributed by atoms with Crippen LogP contribution in [0.2, 0.25) is 0 Å². The largest absolute Gasteiger partial charge is 0.455 e. The summed E-state index contributed by atoms with van der Waals surface area (Å²) >= 11 is 0. The third kappa shape index (κ3) is 6.82. The van der Waals surface area contributed by atoms with Crippen molar-refractivity contribution in [2.45, 2.75) is 51.6 Å². The molecule has 0 radical (unpaired) electrons. The van der Waals surface area contributed by atoms with Crippen LogP contribution in [-0.2, 0) is 37.1 Å². The van der Waals surface area contributed by atoms with Crippen molar-refractivity contribution in [3.05, 3.63) is 82.4 Å². The number of alkyl halides is 3. The Morgan fingerprint density at radius 1 is 1.11 bits per heavy atom. The van der Waals surface area contributed by atoms with Crippen LogP contribution in [0, 0.1) is 0 Å². The lowest BCUT2D eigenvalue weighted by molar-refractivity contribution is -0.138. The van der Waals surface area contributed by atoms with Crippen molar-refractivity contribution < 1.29 is 27.8 Å². The number of hydrogen-bond acceptors (Lipinski definition) is 7. The summed E-state index contributed by atoms with van der Waals surface area (Å²) in [5.41, 5.74) is 2.85. The molecule has 6 rings (SSSR count). The van der Waals surface area contributed by atoms with Crippen molar-refractivity contribution in [2.75, 3.05) is 39.8 Å². The first kappa shape index (κ1) is 31.0. The van der Waals surface area contributed by atoms with Gasteiger partial charge in [-0.1, -0.05) is 19.1 Å². The number of aromatic nitrogens is 3. The second-order valence-corrected chi connectivity index (χ2v) is 12.0. The number of carbonyl (C=O) groups excluding carboxylic acids is 1. The molecule has 12 heteroatoms. The van der Waals surface area contributed by atoms with Gasteiger partial charge < -0.3 is 24.6 Å². The number of aliphatic hydroxyl groups excluding tert-OH is 1. The number of fused-ring (bicyclic) bond motifs is 2. The molecule has 3 aromatic heterocycles. The van der Waals surface area contributed by atoms with Gasteiger partial charge in [-0.15, -0.1) is 0 Å². The average Bonchev–Trinajstić information content (AvgIpc) is 3.46. The van der Waals surface area contributed by atoms with Crippen molar-refractivity contribution in [1.29, 1.82) is 0 Å². The van der Waals surface area contributed by atoms with Crippen LogP contribution in [0.5, 0.6) is 11.5 Å². The van der Waals surface area contributed by atoms with Crippen LogP contribution < -0.4 is 4.74 Å². The van der Waals surface area contributed by atoms with Gasteiger partial charge in [0, 0.05) is 63.6 Å². The van der Waals surface area contributed by atoms with Gasteiger partial charge in [-0.05, 0) is 54.4 Å². The summed E-state index contributed by atoms with van der Waals surface area (Å²) < 4.78 is 48.6. The number of H-pyrrole nitrogens is 1. The number of pyridine rings is 2. The lowest BCUT2D eigenvalue weighted by atomic mass is 9.92. The van der Waals surface area contributed by atoms with E-state index in [0.717, 1.165) is 42.2 Å². The highest BCUT2D eigenvalue weighted by molar-refractivity contribution is 5.83. The molecule has 0 unspecified atom stereocenters. The Morgan fingerprint density at radius 3 is 2.64 bits per heavy atom. The topological polar surface area (TPSA) is 97.8 Å². The van der Waals surface area contributed by atoms with Gasteiger partial charge in [0.05, 0.1) is 35.9 Å². The molecule has 2 N–H and O–H groups in total. The molecule has 0 spiro atoms. The molecule has 2 aliphatic heterocycles. The first-order valence-corrected chi connectivity index (χ1v) is 15.2. The van der Waals surface area contributed by atoms with Crippen molar-refractivity contribution in [2.24, 2.45) is 0 Å². The Balaban J connectivity index is 1.19. The Hall–Kier alpha value is -4.00. The molecule has 0 aliphatic carbocycles. The van der Waals surface area contributed by atoms with Crippen LogP contribution in [0.15, 0.2) is 48.8 Å². The molecule has 9 nitrogen and oxygen atoms in total. The van der Waals surface area contributed by atoms with E-state index in [0.29, 0.717) is 48.0 Å². The molecule has 1 atom stereocenters. The number of rotatable bonds is 8. The van der Waals surface area contributed by atoms with E-state index < -0.39 is 11.7 Å². The summed E-state index contributed by atoms with van der Waals surface area (Å²) in [6.07, 6.45) is -0.615. The molecule has 4 aromatic rings. The lowest BCUT2D eigenvalue weighted by Gasteiger charge is -2.34. The van der Waals surface area contributed by atoms with Crippen LogP contribution in [0.1, 0.15) is 52.9 Å². The average molecular weight is 623 g/mol. The van der Waals surface area contributed by atoms with Crippen LogP contribution in [0.4, 0.5) is 13.2 Å². The molecule has 0 bridgehead atoms. The van der Waals surface area contributed by atoms with E-state index in [1.165, 1.54) is 6.07 Å². The summed E-state index contributed by atoms with van der Waals surface area (Å²) in [4.78, 5) is 31.5. The molecular formula is C33H37F3N6O3. The monoisotopic (exact) mass is 622 g/mol. The summed E-state index contributed by atoms with van der Waals surface area (Å²) in [6, 6.07) is 9.70. The molecule has 1 saturated heterocycles. The third-order valence-electron chi connectivity index (χ3n) is 8.78. The highest BCUT2D eigenvalue weighted by Crippen LogP contribution is 2.36. The van der Waals surface area contributed by atoms with Gasteiger partial charge in [0.25, 0.3) is 0 Å². The van der Waals surface area contributed by atoms with E-state index in [1.54, 1.807) is 35.5 Å². The van der Waals surface area contributed by atoms with Crippen molar-refractivity contribution >= 4 is 16.9 Å². The van der Waals surface area contributed by atoms with E-state index >= 15 is 0 Å². The zero-order valence-corrected chi connectivity index (χ0v) is 25.4. The maximum Gasteiger partial charge on any atom is 0.416 e. The number of amides is 1. The number of ether oxygens (including phenoxy) is 1. The Kier molecular flexibility index (Phi) is 8.80. The number of piperazine rings is 1. The van der Waals surface area contributed by atoms with Gasteiger partial charge in [-0.3, -0.25) is 14.7 Å². The van der Waals surface area contributed by atoms with Gasteiger partial charge in [-0.25, -0.2) is 4.98 Å². The predicted octanol–water partition coefficient (Wildman–Crippen LogP) is 5.09. The fourth-order valence-corrected chi connectivity index (χ4v) is 6.21. The first-order chi connectivity index (χ1) is 21.6. The SMILES string of the molecule is CC[C@H]1CN(C(=O)Cc2ccc(CN3CCN(C)CC3)c(C(F)(F)F)c2)Cc2cc(Oc3ccnc4[nH]c(CO)cc34)cnc21. The van der Waals surface area contributed by atoms with E-state index in [4.69, 9.17) is 4.74 Å². The third-order valence-corrected chi connectivity index (χ3v) is 8.78. The lowest BCUT2D eigenvalue weighted by Crippen LogP contribution is -2.44. The number of nitrogens with zero attached hydrogens (tertiary/aromatic N) is 5. The van der Waals surface area contributed by atoms with Crippen LogP contribution in [0.3, 0.4) is 0 Å². The minimum Gasteiger partial charge on any atom is -0.455 e. The van der Waals surface area contributed by atoms with Gasteiger partial charge in [-0.2, -0.15) is 13.2 Å².